The molecule has 3 amide bonds. The molecule has 1 aliphatic rings. The van der Waals surface area contributed by atoms with Crippen molar-refractivity contribution in [2.75, 3.05) is 46.5 Å². The van der Waals surface area contributed by atoms with Crippen LogP contribution in [0.2, 0.25) is 0 Å². The molecule has 35 heavy (non-hydrogen) atoms. The fraction of sp³-hybridized carbons (Fsp3) is 0.458. The van der Waals surface area contributed by atoms with Crippen molar-refractivity contribution in [1.82, 2.24) is 14.8 Å². The highest BCUT2D eigenvalue weighted by Gasteiger charge is 2.28. The molecule has 0 atom stereocenters. The monoisotopic (exact) mass is 486 g/mol. The fourth-order valence-corrected chi connectivity index (χ4v) is 4.11. The van der Waals surface area contributed by atoms with E-state index in [1.807, 2.05) is 0 Å². The largest absolute Gasteiger partial charge is 0.495 e. The van der Waals surface area contributed by atoms with Crippen LogP contribution in [0.15, 0.2) is 18.2 Å². The number of rotatable bonds is 8. The minimum atomic E-state index is -0.794. The first-order chi connectivity index (χ1) is 16.8. The zero-order chi connectivity index (χ0) is 25.5. The Labute approximate surface area is 203 Å². The van der Waals surface area contributed by atoms with Crippen LogP contribution in [0.5, 0.6) is 5.75 Å². The molecule has 0 spiro atoms. The number of benzene rings is 1. The summed E-state index contributed by atoms with van der Waals surface area (Å²) >= 11 is 0. The third kappa shape index (κ3) is 5.79. The third-order valence-corrected chi connectivity index (χ3v) is 5.69. The molecule has 0 aliphatic carbocycles. The summed E-state index contributed by atoms with van der Waals surface area (Å²) in [6, 6.07) is 5.17. The number of carbonyl (C=O) groups excluding carboxylic acids is 4. The predicted octanol–water partition coefficient (Wildman–Crippen LogP) is 1.29. The highest BCUT2D eigenvalue weighted by Crippen LogP contribution is 2.34. The molecule has 2 aromatic rings. The Kier molecular flexibility index (Phi) is 8.45. The van der Waals surface area contributed by atoms with Gasteiger partial charge in [-0.3, -0.25) is 19.4 Å². The van der Waals surface area contributed by atoms with E-state index in [9.17, 15) is 19.2 Å². The van der Waals surface area contributed by atoms with Crippen molar-refractivity contribution >= 4 is 34.8 Å². The zero-order valence-corrected chi connectivity index (χ0v) is 20.2. The van der Waals surface area contributed by atoms with Crippen LogP contribution < -0.4 is 10.5 Å². The van der Waals surface area contributed by atoms with Gasteiger partial charge < -0.3 is 29.7 Å². The summed E-state index contributed by atoms with van der Waals surface area (Å²) in [7, 11) is 1.39. The summed E-state index contributed by atoms with van der Waals surface area (Å²) < 4.78 is 15.6. The number of hydrogen-bond donors (Lipinski definition) is 1. The fourth-order valence-electron chi connectivity index (χ4n) is 4.11. The number of esters is 1. The number of ether oxygens (including phenoxy) is 3. The Morgan fingerprint density at radius 3 is 2.23 bits per heavy atom. The SMILES string of the molecule is CCOC(=O)Cc1cccc2nc(CC(=O)N3CCN(C(=O)OCC)CC3)c(C(N)=O)c(OC)c12. The van der Waals surface area contributed by atoms with E-state index < -0.39 is 18.0 Å². The maximum atomic E-state index is 13.1. The molecular formula is C24H30N4O7. The average molecular weight is 487 g/mol. The number of nitrogens with two attached hydrogens (primary N) is 1. The van der Waals surface area contributed by atoms with E-state index in [0.29, 0.717) is 42.6 Å². The molecule has 1 aliphatic heterocycles. The summed E-state index contributed by atoms with van der Waals surface area (Å²) in [5, 5.41) is 0.469. The van der Waals surface area contributed by atoms with Crippen molar-refractivity contribution < 1.29 is 33.4 Å². The number of methoxy groups -OCH3 is 1. The second-order valence-corrected chi connectivity index (χ2v) is 7.87. The van der Waals surface area contributed by atoms with Gasteiger partial charge >= 0.3 is 12.1 Å². The maximum Gasteiger partial charge on any atom is 0.409 e. The summed E-state index contributed by atoms with van der Waals surface area (Å²) in [4.78, 5) is 57.2. The number of nitrogens with zero attached hydrogens (tertiary/aromatic N) is 3. The molecule has 0 radical (unpaired) electrons. The van der Waals surface area contributed by atoms with Gasteiger partial charge in [0.1, 0.15) is 11.3 Å². The Morgan fingerprint density at radius 1 is 0.971 bits per heavy atom. The van der Waals surface area contributed by atoms with Crippen LogP contribution in [0.25, 0.3) is 10.9 Å². The van der Waals surface area contributed by atoms with Gasteiger partial charge in [-0.1, -0.05) is 12.1 Å². The molecule has 0 saturated carbocycles. The van der Waals surface area contributed by atoms with E-state index in [4.69, 9.17) is 19.9 Å². The highest BCUT2D eigenvalue weighted by molar-refractivity contribution is 6.05. The van der Waals surface area contributed by atoms with Gasteiger partial charge in [0, 0.05) is 31.6 Å². The third-order valence-electron chi connectivity index (χ3n) is 5.69. The molecule has 188 valence electrons. The Balaban J connectivity index is 1.91. The summed E-state index contributed by atoms with van der Waals surface area (Å²) in [6.45, 7) is 5.33. The topological polar surface area (TPSA) is 141 Å². The van der Waals surface area contributed by atoms with Crippen LogP contribution in [0.4, 0.5) is 4.79 Å². The molecule has 1 saturated heterocycles. The molecule has 3 rings (SSSR count). The maximum absolute atomic E-state index is 13.1. The van der Waals surface area contributed by atoms with Crippen molar-refractivity contribution in [2.24, 2.45) is 5.73 Å². The standard InChI is InChI=1S/C24H30N4O7/c1-4-34-19(30)13-15-7-6-8-16-20(15)22(33-3)21(23(25)31)17(26-16)14-18(29)27-9-11-28(12-10-27)24(32)35-5-2/h6-8H,4-5,9-14H2,1-3H3,(H2,25,31). The van der Waals surface area contributed by atoms with Crippen molar-refractivity contribution in [3.8, 4) is 5.75 Å². The Bertz CT molecular complexity index is 1130. The predicted molar refractivity (Wildman–Crippen MR) is 126 cm³/mol. The molecule has 11 nitrogen and oxygen atoms in total. The average Bonchev–Trinajstić information content (AvgIpc) is 2.83. The second kappa shape index (κ2) is 11.5. The van der Waals surface area contributed by atoms with Crippen LogP contribution in [0.3, 0.4) is 0 Å². The number of carbonyl (C=O) groups is 4. The van der Waals surface area contributed by atoms with Crippen LogP contribution in [-0.2, 0) is 31.9 Å². The van der Waals surface area contributed by atoms with Gasteiger partial charge in [0.2, 0.25) is 5.91 Å². The Hall–Kier alpha value is -3.89. The lowest BCUT2D eigenvalue weighted by molar-refractivity contribution is -0.142. The first-order valence-electron chi connectivity index (χ1n) is 11.4. The molecule has 2 heterocycles. The number of fused-ring (bicyclic) bond motifs is 1. The minimum Gasteiger partial charge on any atom is -0.495 e. The van der Waals surface area contributed by atoms with Crippen molar-refractivity contribution in [2.45, 2.75) is 26.7 Å². The normalized spacial score (nSPS) is 13.5. The summed E-state index contributed by atoms with van der Waals surface area (Å²) in [6.07, 6.45) is -0.619. The van der Waals surface area contributed by atoms with E-state index in [-0.39, 0.29) is 49.0 Å². The highest BCUT2D eigenvalue weighted by atomic mass is 16.6. The van der Waals surface area contributed by atoms with Crippen LogP contribution in [0, 0.1) is 0 Å². The van der Waals surface area contributed by atoms with Crippen molar-refractivity contribution in [3.63, 3.8) is 0 Å². The van der Waals surface area contributed by atoms with Gasteiger partial charge in [-0.05, 0) is 25.5 Å². The second-order valence-electron chi connectivity index (χ2n) is 7.87. The number of primary amides is 1. The molecule has 1 fully saturated rings. The van der Waals surface area contributed by atoms with E-state index in [1.54, 1.807) is 41.8 Å². The van der Waals surface area contributed by atoms with Gasteiger partial charge in [0.05, 0.1) is 44.4 Å². The number of piperazine rings is 1. The van der Waals surface area contributed by atoms with Crippen molar-refractivity contribution in [3.05, 3.63) is 35.0 Å². The number of hydrogen-bond acceptors (Lipinski definition) is 8. The number of amides is 3. The quantitative estimate of drug-likeness (QED) is 0.550. The lowest BCUT2D eigenvalue weighted by Crippen LogP contribution is -2.51. The molecule has 2 N–H and O–H groups in total. The number of pyridine rings is 1. The zero-order valence-electron chi connectivity index (χ0n) is 20.2. The van der Waals surface area contributed by atoms with Crippen LogP contribution in [-0.4, -0.2) is 85.2 Å². The minimum absolute atomic E-state index is 0.00480. The van der Waals surface area contributed by atoms with E-state index in [1.165, 1.54) is 7.11 Å². The summed E-state index contributed by atoms with van der Waals surface area (Å²) in [5.74, 6) is -1.31. The molecule has 11 heteroatoms. The van der Waals surface area contributed by atoms with Gasteiger partial charge in [-0.2, -0.15) is 0 Å². The van der Waals surface area contributed by atoms with Crippen LogP contribution >= 0.6 is 0 Å². The number of aromatic nitrogens is 1. The first kappa shape index (κ1) is 25.7. The molecule has 1 aromatic carbocycles. The van der Waals surface area contributed by atoms with Gasteiger partial charge in [-0.25, -0.2) is 4.79 Å². The smallest absolute Gasteiger partial charge is 0.409 e. The molecule has 0 bridgehead atoms. The van der Waals surface area contributed by atoms with Crippen LogP contribution in [0.1, 0.15) is 35.5 Å². The van der Waals surface area contributed by atoms with E-state index in [2.05, 4.69) is 4.98 Å². The first-order valence-corrected chi connectivity index (χ1v) is 11.4. The van der Waals surface area contributed by atoms with Gasteiger partial charge in [0.15, 0.2) is 0 Å². The van der Waals surface area contributed by atoms with E-state index >= 15 is 0 Å². The lowest BCUT2D eigenvalue weighted by Gasteiger charge is -2.34. The van der Waals surface area contributed by atoms with Gasteiger partial charge in [-0.15, -0.1) is 0 Å². The molecule has 0 unspecified atom stereocenters. The molecular weight excluding hydrogens is 456 g/mol. The van der Waals surface area contributed by atoms with E-state index in [0.717, 1.165) is 0 Å². The van der Waals surface area contributed by atoms with Crippen molar-refractivity contribution in [1.29, 1.82) is 0 Å². The molecule has 1 aromatic heterocycles. The van der Waals surface area contributed by atoms with Gasteiger partial charge in [0.25, 0.3) is 5.91 Å². The Morgan fingerprint density at radius 2 is 1.63 bits per heavy atom. The lowest BCUT2D eigenvalue weighted by atomic mass is 9.99. The summed E-state index contributed by atoms with van der Waals surface area (Å²) in [5.41, 5.74) is 6.90.